The first kappa shape index (κ1) is 18.1. The maximum Gasteiger partial charge on any atom is 0.238 e. The maximum absolute atomic E-state index is 12.3. The molecule has 0 radical (unpaired) electrons. The normalized spacial score (nSPS) is 11.4. The number of nitrogens with zero attached hydrogens (tertiary/aromatic N) is 2. The second kappa shape index (κ2) is 7.70. The molecule has 0 fully saturated rings. The smallest absolute Gasteiger partial charge is 0.238 e. The Bertz CT molecular complexity index is 973. The third kappa shape index (κ3) is 5.15. The molecule has 5 nitrogen and oxygen atoms in total. The van der Waals surface area contributed by atoms with E-state index in [0.29, 0.717) is 27.0 Å². The molecule has 0 aliphatic rings. The van der Waals surface area contributed by atoms with Gasteiger partial charge in [0.1, 0.15) is 5.01 Å². The zero-order valence-corrected chi connectivity index (χ0v) is 16.0. The van der Waals surface area contributed by atoms with Gasteiger partial charge in [0.2, 0.25) is 15.2 Å². The summed E-state index contributed by atoms with van der Waals surface area (Å²) < 4.78 is 27.0. The van der Waals surface area contributed by atoms with Crippen LogP contribution in [-0.2, 0) is 22.2 Å². The Hall–Kier alpha value is -1.67. The van der Waals surface area contributed by atoms with E-state index in [1.54, 1.807) is 36.4 Å². The number of benzene rings is 2. The van der Waals surface area contributed by atoms with E-state index < -0.39 is 10.0 Å². The molecule has 0 aliphatic heterocycles. The fourth-order valence-corrected chi connectivity index (χ4v) is 4.75. The number of hydrogen-bond donors (Lipinski definition) is 1. The van der Waals surface area contributed by atoms with Crippen molar-refractivity contribution in [2.45, 2.75) is 12.2 Å². The van der Waals surface area contributed by atoms with Crippen molar-refractivity contribution < 1.29 is 8.42 Å². The lowest BCUT2D eigenvalue weighted by atomic mass is 10.2. The molecule has 2 aromatic carbocycles. The lowest BCUT2D eigenvalue weighted by molar-refractivity contribution is 0.600. The summed E-state index contributed by atoms with van der Waals surface area (Å²) >= 11 is 13.1. The van der Waals surface area contributed by atoms with Gasteiger partial charge in [-0.05, 0) is 29.3 Å². The molecule has 3 aromatic rings. The molecule has 0 spiro atoms. The minimum atomic E-state index is -3.62. The summed E-state index contributed by atoms with van der Waals surface area (Å²) in [5.74, 6) is -0.223. The maximum atomic E-state index is 12.3. The summed E-state index contributed by atoms with van der Waals surface area (Å²) in [6.07, 6.45) is 0.557. The Kier molecular flexibility index (Phi) is 5.58. The second-order valence-electron chi connectivity index (χ2n) is 5.26. The summed E-state index contributed by atoms with van der Waals surface area (Å²) in [7, 11) is -3.62. The molecule has 1 aromatic heterocycles. The van der Waals surface area contributed by atoms with Crippen molar-refractivity contribution in [2.24, 2.45) is 0 Å². The first-order valence-electron chi connectivity index (χ1n) is 7.22. The van der Waals surface area contributed by atoms with E-state index in [2.05, 4.69) is 14.9 Å². The van der Waals surface area contributed by atoms with Crippen molar-refractivity contribution in [1.29, 1.82) is 0 Å². The van der Waals surface area contributed by atoms with Gasteiger partial charge in [-0.25, -0.2) is 8.42 Å². The van der Waals surface area contributed by atoms with Crippen LogP contribution < -0.4 is 4.72 Å². The average Bonchev–Trinajstić information content (AvgIpc) is 2.98. The molecule has 1 N–H and O–H groups in total. The highest BCUT2D eigenvalue weighted by Crippen LogP contribution is 2.23. The Morgan fingerprint density at radius 1 is 1.00 bits per heavy atom. The molecule has 0 bridgehead atoms. The number of anilines is 1. The fraction of sp³-hybridized carbons (Fsp3) is 0.125. The summed E-state index contributed by atoms with van der Waals surface area (Å²) in [6, 6.07) is 14.2. The molecule has 0 unspecified atom stereocenters. The van der Waals surface area contributed by atoms with Crippen molar-refractivity contribution in [3.63, 3.8) is 0 Å². The Morgan fingerprint density at radius 3 is 2.44 bits per heavy atom. The van der Waals surface area contributed by atoms with Crippen LogP contribution in [0.5, 0.6) is 0 Å². The van der Waals surface area contributed by atoms with Gasteiger partial charge in [-0.15, -0.1) is 10.2 Å². The molecule has 25 heavy (non-hydrogen) atoms. The predicted octanol–water partition coefficient (Wildman–Crippen LogP) is 4.38. The Balaban J connectivity index is 1.68. The van der Waals surface area contributed by atoms with Gasteiger partial charge >= 0.3 is 0 Å². The van der Waals surface area contributed by atoms with Crippen LogP contribution in [0.1, 0.15) is 16.1 Å². The highest BCUT2D eigenvalue weighted by atomic mass is 35.5. The quantitative estimate of drug-likeness (QED) is 0.650. The zero-order chi connectivity index (χ0) is 17.9. The summed E-state index contributed by atoms with van der Waals surface area (Å²) in [5, 5.41) is 9.93. The molecular weight excluding hydrogens is 401 g/mol. The first-order valence-corrected chi connectivity index (χ1v) is 10.4. The topological polar surface area (TPSA) is 72.0 Å². The first-order chi connectivity index (χ1) is 11.9. The van der Waals surface area contributed by atoms with Crippen molar-refractivity contribution in [3.05, 3.63) is 74.7 Å². The van der Waals surface area contributed by atoms with Crippen molar-refractivity contribution in [3.8, 4) is 0 Å². The van der Waals surface area contributed by atoms with E-state index in [9.17, 15) is 8.42 Å². The molecule has 0 atom stereocenters. The van der Waals surface area contributed by atoms with Gasteiger partial charge in [0.15, 0.2) is 0 Å². The van der Waals surface area contributed by atoms with E-state index in [-0.39, 0.29) is 10.9 Å². The highest BCUT2D eigenvalue weighted by molar-refractivity contribution is 7.92. The van der Waals surface area contributed by atoms with Gasteiger partial charge in [-0.2, -0.15) is 0 Å². The molecule has 3 rings (SSSR count). The van der Waals surface area contributed by atoms with Crippen LogP contribution >= 0.6 is 34.5 Å². The number of sulfonamides is 1. The monoisotopic (exact) mass is 413 g/mol. The second-order valence-corrected chi connectivity index (χ2v) is 8.88. The SMILES string of the molecule is O=S(=O)(Cc1ccccc1Cl)Nc1nnc(Cc2ccc(Cl)cc2)s1. The molecule has 1 heterocycles. The molecule has 0 aliphatic carbocycles. The summed E-state index contributed by atoms with van der Waals surface area (Å²) in [6.45, 7) is 0. The van der Waals surface area contributed by atoms with Gasteiger partial charge in [-0.1, -0.05) is 64.9 Å². The van der Waals surface area contributed by atoms with E-state index in [1.165, 1.54) is 11.3 Å². The third-order valence-corrected chi connectivity index (χ3v) is 6.07. The molecule has 0 amide bonds. The van der Waals surface area contributed by atoms with Crippen molar-refractivity contribution in [2.75, 3.05) is 4.72 Å². The van der Waals surface area contributed by atoms with Gasteiger partial charge in [-0.3, -0.25) is 4.72 Å². The van der Waals surface area contributed by atoms with E-state index in [0.717, 1.165) is 5.56 Å². The molecular formula is C16H13Cl2N3O2S2. The number of nitrogens with one attached hydrogen (secondary N) is 1. The zero-order valence-electron chi connectivity index (χ0n) is 12.8. The fourth-order valence-electron chi connectivity index (χ4n) is 2.13. The van der Waals surface area contributed by atoms with Crippen molar-refractivity contribution in [1.82, 2.24) is 10.2 Å². The van der Waals surface area contributed by atoms with Crippen LogP contribution in [0, 0.1) is 0 Å². The van der Waals surface area contributed by atoms with Crippen molar-refractivity contribution >= 4 is 49.7 Å². The highest BCUT2D eigenvalue weighted by Gasteiger charge is 2.16. The van der Waals surface area contributed by atoms with Gasteiger partial charge < -0.3 is 0 Å². The summed E-state index contributed by atoms with van der Waals surface area (Å²) in [5.41, 5.74) is 1.55. The van der Waals surface area contributed by atoms with Crippen LogP contribution in [0.25, 0.3) is 0 Å². The minimum absolute atomic E-state index is 0.223. The largest absolute Gasteiger partial charge is 0.257 e. The average molecular weight is 414 g/mol. The number of rotatable bonds is 6. The Morgan fingerprint density at radius 2 is 1.72 bits per heavy atom. The standard InChI is InChI=1S/C16H13Cl2N3O2S2/c17-13-7-5-11(6-8-13)9-15-19-20-16(24-15)21-25(22,23)10-12-3-1-2-4-14(12)18/h1-8H,9-10H2,(H,20,21). The lowest BCUT2D eigenvalue weighted by Crippen LogP contribution is -2.15. The minimum Gasteiger partial charge on any atom is -0.257 e. The van der Waals surface area contributed by atoms with Crippen LogP contribution in [0.2, 0.25) is 10.0 Å². The van der Waals surface area contributed by atoms with Crippen LogP contribution in [0.4, 0.5) is 5.13 Å². The van der Waals surface area contributed by atoms with Crippen LogP contribution in [0.3, 0.4) is 0 Å². The van der Waals surface area contributed by atoms with E-state index in [4.69, 9.17) is 23.2 Å². The predicted molar refractivity (Wildman–Crippen MR) is 102 cm³/mol. The lowest BCUT2D eigenvalue weighted by Gasteiger charge is -2.06. The summed E-state index contributed by atoms with van der Waals surface area (Å²) in [4.78, 5) is 0. The number of hydrogen-bond acceptors (Lipinski definition) is 5. The van der Waals surface area contributed by atoms with Crippen LogP contribution in [-0.4, -0.2) is 18.6 Å². The van der Waals surface area contributed by atoms with E-state index >= 15 is 0 Å². The van der Waals surface area contributed by atoms with E-state index in [1.807, 2.05) is 12.1 Å². The Labute approximate surface area is 159 Å². The molecule has 0 saturated carbocycles. The van der Waals surface area contributed by atoms with Gasteiger partial charge in [0.25, 0.3) is 0 Å². The van der Waals surface area contributed by atoms with Crippen LogP contribution in [0.15, 0.2) is 48.5 Å². The molecule has 130 valence electrons. The number of halogens is 2. The molecule has 9 heteroatoms. The molecule has 0 saturated heterocycles. The third-order valence-electron chi connectivity index (χ3n) is 3.28. The van der Waals surface area contributed by atoms with Gasteiger partial charge in [0, 0.05) is 16.5 Å². The number of aromatic nitrogens is 2. The van der Waals surface area contributed by atoms with Gasteiger partial charge in [0.05, 0.1) is 5.75 Å².